The summed E-state index contributed by atoms with van der Waals surface area (Å²) >= 11 is 0. The van der Waals surface area contributed by atoms with Crippen LogP contribution in [0.2, 0.25) is 0 Å². The van der Waals surface area contributed by atoms with Crippen molar-refractivity contribution in [1.29, 1.82) is 0 Å². The molecule has 0 aliphatic carbocycles. The third-order valence-electron chi connectivity index (χ3n) is 5.28. The maximum Gasteiger partial charge on any atom is 0.339 e. The van der Waals surface area contributed by atoms with E-state index in [0.29, 0.717) is 11.7 Å². The van der Waals surface area contributed by atoms with E-state index in [4.69, 9.17) is 0 Å². The van der Waals surface area contributed by atoms with Crippen LogP contribution < -0.4 is 9.62 Å². The van der Waals surface area contributed by atoms with Crippen LogP contribution in [0, 0.1) is 5.92 Å². The Morgan fingerprint density at radius 1 is 1.30 bits per heavy atom. The zero-order chi connectivity index (χ0) is 19.4. The normalized spacial score (nSPS) is 21.4. The van der Waals surface area contributed by atoms with Gasteiger partial charge >= 0.3 is 5.97 Å². The van der Waals surface area contributed by atoms with Crippen LogP contribution >= 0.6 is 0 Å². The smallest absolute Gasteiger partial charge is 0.339 e. The zero-order valence-corrected chi connectivity index (χ0v) is 16.5. The van der Waals surface area contributed by atoms with Crippen LogP contribution in [0.25, 0.3) is 0 Å². The first-order valence-electron chi connectivity index (χ1n) is 9.59. The van der Waals surface area contributed by atoms with Crippen LogP contribution in [0.3, 0.4) is 0 Å². The van der Waals surface area contributed by atoms with Crippen LogP contribution in [0.15, 0.2) is 12.3 Å². The summed E-state index contributed by atoms with van der Waals surface area (Å²) in [5.41, 5.74) is 0.219. The summed E-state index contributed by atoms with van der Waals surface area (Å²) in [5.74, 6) is -0.259. The lowest BCUT2D eigenvalue weighted by molar-refractivity contribution is 0.0697. The number of carboxylic acids is 1. The second-order valence-electron chi connectivity index (χ2n) is 7.37. The molecule has 0 unspecified atom stereocenters. The third-order valence-corrected chi connectivity index (χ3v) is 6.59. The van der Waals surface area contributed by atoms with E-state index in [1.165, 1.54) is 32.0 Å². The Kier molecular flexibility index (Phi) is 6.21. The van der Waals surface area contributed by atoms with Crippen LogP contribution in [0.1, 0.15) is 43.0 Å². The minimum Gasteiger partial charge on any atom is -0.478 e. The third kappa shape index (κ3) is 5.10. The molecule has 3 heterocycles. The fourth-order valence-electron chi connectivity index (χ4n) is 3.91. The Morgan fingerprint density at radius 3 is 2.70 bits per heavy atom. The maximum atomic E-state index is 11.8. The summed E-state index contributed by atoms with van der Waals surface area (Å²) in [6.07, 6.45) is 6.07. The van der Waals surface area contributed by atoms with Crippen molar-refractivity contribution in [1.82, 2.24) is 9.88 Å². The number of carboxylic acid groups (broad SMARTS) is 1. The molecule has 1 atom stereocenters. The Balaban J connectivity index is 1.76. The summed E-state index contributed by atoms with van der Waals surface area (Å²) < 4.78 is 25.9. The van der Waals surface area contributed by atoms with Gasteiger partial charge in [-0.25, -0.2) is 18.2 Å². The molecule has 150 valence electrons. The molecule has 1 aromatic rings. The molecule has 2 saturated heterocycles. The van der Waals surface area contributed by atoms with Gasteiger partial charge < -0.3 is 14.9 Å². The molecule has 9 heteroatoms. The Bertz CT molecular complexity index is 778. The van der Waals surface area contributed by atoms with Gasteiger partial charge in [0, 0.05) is 19.6 Å². The molecule has 0 bridgehead atoms. The lowest BCUT2D eigenvalue weighted by atomic mass is 9.97. The molecule has 8 nitrogen and oxygen atoms in total. The van der Waals surface area contributed by atoms with Gasteiger partial charge in [0.25, 0.3) is 0 Å². The van der Waals surface area contributed by atoms with Gasteiger partial charge in [0.05, 0.1) is 17.6 Å². The predicted octanol–water partition coefficient (Wildman–Crippen LogP) is 1.85. The fourth-order valence-corrected chi connectivity index (χ4v) is 4.53. The number of nitrogens with one attached hydrogen (secondary N) is 1. The maximum absolute atomic E-state index is 11.8. The molecule has 3 rings (SSSR count). The number of aromatic carboxylic acids is 1. The standard InChI is InChI=1S/C18H28N4O4S/c1-2-27(25,26)20-15-10-16(18(23)24)17(19-11-15)22-9-5-6-14(13-22)12-21-7-3-4-8-21/h10-11,14,20H,2-9,12-13H2,1H3,(H,23,24)/t14-/m0/s1. The predicted molar refractivity (Wildman–Crippen MR) is 105 cm³/mol. The van der Waals surface area contributed by atoms with Gasteiger partial charge in [-0.3, -0.25) is 4.72 Å². The number of likely N-dealkylation sites (tertiary alicyclic amines) is 1. The SMILES string of the molecule is CCS(=O)(=O)Nc1cnc(N2CCC[C@@H](CN3CCCC3)C2)c(C(=O)O)c1. The molecular weight excluding hydrogens is 368 g/mol. The van der Waals surface area contributed by atoms with Crippen LogP contribution in [-0.4, -0.2) is 67.9 Å². The number of nitrogens with zero attached hydrogens (tertiary/aromatic N) is 3. The average molecular weight is 397 g/mol. The average Bonchev–Trinajstić information content (AvgIpc) is 3.14. The molecular formula is C18H28N4O4S. The van der Waals surface area contributed by atoms with Crippen molar-refractivity contribution < 1.29 is 18.3 Å². The summed E-state index contributed by atoms with van der Waals surface area (Å²) in [6.45, 7) is 6.43. The molecule has 2 fully saturated rings. The zero-order valence-electron chi connectivity index (χ0n) is 15.7. The molecule has 0 amide bonds. The highest BCUT2D eigenvalue weighted by Crippen LogP contribution is 2.28. The van der Waals surface area contributed by atoms with E-state index < -0.39 is 16.0 Å². The molecule has 27 heavy (non-hydrogen) atoms. The van der Waals surface area contributed by atoms with E-state index in [-0.39, 0.29) is 17.0 Å². The van der Waals surface area contributed by atoms with Crippen molar-refractivity contribution in [3.8, 4) is 0 Å². The monoisotopic (exact) mass is 396 g/mol. The molecule has 2 aliphatic heterocycles. The van der Waals surface area contributed by atoms with Gasteiger partial charge in [0.1, 0.15) is 11.4 Å². The van der Waals surface area contributed by atoms with Gasteiger partial charge in [0.15, 0.2) is 0 Å². The second kappa shape index (κ2) is 8.43. The number of anilines is 2. The number of hydrogen-bond acceptors (Lipinski definition) is 6. The number of pyridine rings is 1. The largest absolute Gasteiger partial charge is 0.478 e. The summed E-state index contributed by atoms with van der Waals surface area (Å²) in [4.78, 5) is 20.6. The Morgan fingerprint density at radius 2 is 2.04 bits per heavy atom. The van der Waals surface area contributed by atoms with Crippen molar-refractivity contribution in [3.63, 3.8) is 0 Å². The number of carbonyl (C=O) groups is 1. The number of aromatic nitrogens is 1. The molecule has 0 aromatic carbocycles. The summed E-state index contributed by atoms with van der Waals surface area (Å²) in [5, 5.41) is 9.62. The summed E-state index contributed by atoms with van der Waals surface area (Å²) in [6, 6.07) is 1.36. The van der Waals surface area contributed by atoms with Gasteiger partial charge in [-0.05, 0) is 57.7 Å². The molecule has 2 N–H and O–H groups in total. The fraction of sp³-hybridized carbons (Fsp3) is 0.667. The summed E-state index contributed by atoms with van der Waals surface area (Å²) in [7, 11) is -3.48. The lowest BCUT2D eigenvalue weighted by Gasteiger charge is -2.36. The highest BCUT2D eigenvalue weighted by Gasteiger charge is 2.27. The van der Waals surface area contributed by atoms with Crippen molar-refractivity contribution in [2.75, 3.05) is 48.1 Å². The second-order valence-corrected chi connectivity index (χ2v) is 9.38. The van der Waals surface area contributed by atoms with E-state index >= 15 is 0 Å². The Labute approximate surface area is 160 Å². The highest BCUT2D eigenvalue weighted by atomic mass is 32.2. The number of rotatable bonds is 7. The highest BCUT2D eigenvalue weighted by molar-refractivity contribution is 7.92. The van der Waals surface area contributed by atoms with Gasteiger partial charge in [-0.15, -0.1) is 0 Å². The number of piperidine rings is 1. The van der Waals surface area contributed by atoms with E-state index in [2.05, 4.69) is 14.6 Å². The quantitative estimate of drug-likeness (QED) is 0.725. The van der Waals surface area contributed by atoms with Crippen molar-refractivity contribution in [3.05, 3.63) is 17.8 Å². The topological polar surface area (TPSA) is 103 Å². The number of hydrogen-bond donors (Lipinski definition) is 2. The van der Waals surface area contributed by atoms with E-state index in [1.807, 2.05) is 4.90 Å². The first-order valence-corrected chi connectivity index (χ1v) is 11.2. The number of sulfonamides is 1. The van der Waals surface area contributed by atoms with E-state index in [0.717, 1.165) is 45.6 Å². The molecule has 0 spiro atoms. The van der Waals surface area contributed by atoms with Crippen LogP contribution in [-0.2, 0) is 10.0 Å². The van der Waals surface area contributed by atoms with E-state index in [9.17, 15) is 18.3 Å². The first-order chi connectivity index (χ1) is 12.9. The van der Waals surface area contributed by atoms with Crippen LogP contribution in [0.4, 0.5) is 11.5 Å². The molecule has 2 aliphatic rings. The lowest BCUT2D eigenvalue weighted by Crippen LogP contribution is -2.41. The van der Waals surface area contributed by atoms with Crippen molar-refractivity contribution in [2.45, 2.75) is 32.6 Å². The van der Waals surface area contributed by atoms with Crippen LogP contribution in [0.5, 0.6) is 0 Å². The van der Waals surface area contributed by atoms with Crippen molar-refractivity contribution in [2.24, 2.45) is 5.92 Å². The first kappa shape index (κ1) is 19.9. The minimum atomic E-state index is -3.48. The van der Waals surface area contributed by atoms with Gasteiger partial charge in [-0.1, -0.05) is 0 Å². The van der Waals surface area contributed by atoms with Crippen molar-refractivity contribution >= 4 is 27.5 Å². The minimum absolute atomic E-state index is 0.0353. The molecule has 0 saturated carbocycles. The van der Waals surface area contributed by atoms with E-state index in [1.54, 1.807) is 0 Å². The Hall–Kier alpha value is -1.87. The molecule has 1 aromatic heterocycles. The van der Waals surface area contributed by atoms with Gasteiger partial charge in [-0.2, -0.15) is 0 Å². The van der Waals surface area contributed by atoms with Gasteiger partial charge in [0.2, 0.25) is 10.0 Å². The molecule has 0 radical (unpaired) electrons.